The first-order valence-corrected chi connectivity index (χ1v) is 9.05. The van der Waals surface area contributed by atoms with Crippen LogP contribution in [0, 0.1) is 10.1 Å². The zero-order chi connectivity index (χ0) is 16.9. The van der Waals surface area contributed by atoms with Gasteiger partial charge in [0.15, 0.2) is 0 Å². The van der Waals surface area contributed by atoms with Crippen molar-refractivity contribution < 1.29 is 14.7 Å². The predicted molar refractivity (Wildman–Crippen MR) is 96.0 cm³/mol. The van der Waals surface area contributed by atoms with Crippen LogP contribution >= 0.6 is 15.9 Å². The highest BCUT2D eigenvalue weighted by atomic mass is 79.9. The summed E-state index contributed by atoms with van der Waals surface area (Å²) in [5.74, 6) is 0. The van der Waals surface area contributed by atoms with Crippen LogP contribution in [0.2, 0.25) is 0 Å². The highest BCUT2D eigenvalue weighted by Crippen LogP contribution is 2.16. The molecule has 2 aromatic carbocycles. The van der Waals surface area contributed by atoms with E-state index < -0.39 is 0 Å². The van der Waals surface area contributed by atoms with Crippen LogP contribution in [0.5, 0.6) is 0 Å². The van der Waals surface area contributed by atoms with E-state index in [1.165, 1.54) is 10.5 Å². The number of halogens is 1. The van der Waals surface area contributed by atoms with Gasteiger partial charge in [0.25, 0.3) is 5.69 Å². The summed E-state index contributed by atoms with van der Waals surface area (Å²) in [6, 6.07) is 15.6. The summed E-state index contributed by atoms with van der Waals surface area (Å²) in [5.41, 5.74) is 2.44. The molecule has 2 N–H and O–H groups in total. The Labute approximate surface area is 150 Å². The third kappa shape index (κ3) is 4.41. The Morgan fingerprint density at radius 2 is 1.50 bits per heavy atom. The fourth-order valence-corrected chi connectivity index (χ4v) is 3.57. The maximum Gasteiger partial charge on any atom is 0.278 e. The second-order valence-corrected chi connectivity index (χ2v) is 7.28. The highest BCUT2D eigenvalue weighted by Gasteiger charge is 2.25. The highest BCUT2D eigenvalue weighted by molar-refractivity contribution is 9.10. The summed E-state index contributed by atoms with van der Waals surface area (Å²) in [7, 11) is 0. The zero-order valence-corrected chi connectivity index (χ0v) is 15.1. The molecular weight excluding hydrogens is 370 g/mol. The van der Waals surface area contributed by atoms with E-state index in [9.17, 15) is 10.1 Å². The minimum Gasteiger partial charge on any atom is -0.322 e. The van der Waals surface area contributed by atoms with E-state index in [0.29, 0.717) is 0 Å². The second-order valence-electron chi connectivity index (χ2n) is 6.37. The topological polar surface area (TPSA) is 52.0 Å². The van der Waals surface area contributed by atoms with Crippen molar-refractivity contribution >= 4 is 21.6 Å². The van der Waals surface area contributed by atoms with Crippen LogP contribution in [0.25, 0.3) is 0 Å². The van der Waals surface area contributed by atoms with E-state index in [2.05, 4.69) is 40.2 Å². The molecule has 1 fully saturated rings. The van der Waals surface area contributed by atoms with Gasteiger partial charge >= 0.3 is 0 Å². The number of nitro groups is 1. The molecule has 0 aliphatic carbocycles. The van der Waals surface area contributed by atoms with E-state index in [4.69, 9.17) is 0 Å². The van der Waals surface area contributed by atoms with Crippen LogP contribution < -0.4 is 9.80 Å². The maximum absolute atomic E-state index is 11.1. The summed E-state index contributed by atoms with van der Waals surface area (Å²) in [5, 5.41) is 11.1. The third-order valence-corrected chi connectivity index (χ3v) is 5.19. The van der Waals surface area contributed by atoms with Gasteiger partial charge < -0.3 is 9.80 Å². The van der Waals surface area contributed by atoms with Crippen molar-refractivity contribution in [2.45, 2.75) is 13.1 Å². The number of quaternary nitrogens is 2. The van der Waals surface area contributed by atoms with Gasteiger partial charge in [0, 0.05) is 16.1 Å². The van der Waals surface area contributed by atoms with Gasteiger partial charge in [-0.05, 0) is 18.2 Å². The predicted octanol–water partition coefficient (Wildman–Crippen LogP) is 0.841. The van der Waals surface area contributed by atoms with Crippen molar-refractivity contribution in [1.29, 1.82) is 0 Å². The number of para-hydroxylation sites is 1. The van der Waals surface area contributed by atoms with E-state index in [0.717, 1.165) is 49.3 Å². The molecule has 1 aliphatic heterocycles. The number of rotatable bonds is 5. The molecule has 1 heterocycles. The van der Waals surface area contributed by atoms with Gasteiger partial charge in [0.05, 0.1) is 10.5 Å². The maximum atomic E-state index is 11.1. The second kappa shape index (κ2) is 7.88. The summed E-state index contributed by atoms with van der Waals surface area (Å²) in [6.07, 6.45) is 0. The van der Waals surface area contributed by atoms with Gasteiger partial charge in [-0.2, -0.15) is 0 Å². The Morgan fingerprint density at radius 1 is 0.917 bits per heavy atom. The molecule has 2 aromatic rings. The third-order valence-electron chi connectivity index (χ3n) is 4.66. The van der Waals surface area contributed by atoms with Gasteiger partial charge in [0.1, 0.15) is 39.3 Å². The number of benzene rings is 2. The number of nitrogens with one attached hydrogen (secondary N) is 2. The number of nitro benzene ring substituents is 1. The van der Waals surface area contributed by atoms with Crippen LogP contribution in [0.15, 0.2) is 53.0 Å². The first-order chi connectivity index (χ1) is 11.6. The van der Waals surface area contributed by atoms with Gasteiger partial charge in [-0.25, -0.2) is 0 Å². The molecule has 0 unspecified atom stereocenters. The number of piperazine rings is 1. The van der Waals surface area contributed by atoms with E-state index >= 15 is 0 Å². The molecular formula is C18H22BrN3O2+2. The van der Waals surface area contributed by atoms with Crippen LogP contribution in [0.4, 0.5) is 5.69 Å². The number of hydrogen-bond donors (Lipinski definition) is 2. The van der Waals surface area contributed by atoms with Crippen LogP contribution in [-0.4, -0.2) is 31.1 Å². The van der Waals surface area contributed by atoms with Gasteiger partial charge in [-0.1, -0.05) is 40.2 Å². The average molecular weight is 392 g/mol. The van der Waals surface area contributed by atoms with Crippen LogP contribution in [0.3, 0.4) is 0 Å². The molecule has 0 saturated carbocycles. The smallest absolute Gasteiger partial charge is 0.278 e. The van der Waals surface area contributed by atoms with E-state index in [-0.39, 0.29) is 10.6 Å². The molecule has 6 heteroatoms. The van der Waals surface area contributed by atoms with Gasteiger partial charge in [0.2, 0.25) is 0 Å². The van der Waals surface area contributed by atoms with Crippen molar-refractivity contribution in [3.63, 3.8) is 0 Å². The largest absolute Gasteiger partial charge is 0.322 e. The minimum absolute atomic E-state index is 0.245. The Morgan fingerprint density at radius 3 is 2.12 bits per heavy atom. The molecule has 3 rings (SSSR count). The molecule has 0 amide bonds. The Hall–Kier alpha value is -1.76. The lowest BCUT2D eigenvalue weighted by atomic mass is 10.1. The normalized spacial score (nSPS) is 20.7. The van der Waals surface area contributed by atoms with Gasteiger partial charge in [-0.3, -0.25) is 10.1 Å². The molecule has 1 aliphatic rings. The summed E-state index contributed by atoms with van der Waals surface area (Å²) >= 11 is 3.47. The van der Waals surface area contributed by atoms with E-state index in [1.807, 2.05) is 12.1 Å². The van der Waals surface area contributed by atoms with Crippen LogP contribution in [-0.2, 0) is 13.1 Å². The summed E-state index contributed by atoms with van der Waals surface area (Å²) in [6.45, 7) is 6.10. The first kappa shape index (κ1) is 17.1. The molecule has 5 nitrogen and oxygen atoms in total. The lowest BCUT2D eigenvalue weighted by Gasteiger charge is -2.29. The van der Waals surface area contributed by atoms with Crippen molar-refractivity contribution in [2.75, 3.05) is 26.2 Å². The standard InChI is InChI=1S/C18H20BrN3O2/c19-17-7-5-15(6-8-17)13-20-9-11-21(12-10-20)14-16-3-1-2-4-18(16)22(23)24/h1-8H,9-14H2/p+2. The Balaban J connectivity index is 1.54. The zero-order valence-electron chi connectivity index (χ0n) is 13.5. The molecule has 126 valence electrons. The fourth-order valence-electron chi connectivity index (χ4n) is 3.31. The molecule has 0 radical (unpaired) electrons. The lowest BCUT2D eigenvalue weighted by Crippen LogP contribution is -3.27. The molecule has 0 atom stereocenters. The quantitative estimate of drug-likeness (QED) is 0.586. The molecule has 0 bridgehead atoms. The van der Waals surface area contributed by atoms with Gasteiger partial charge in [-0.15, -0.1) is 0 Å². The summed E-state index contributed by atoms with van der Waals surface area (Å²) in [4.78, 5) is 13.9. The van der Waals surface area contributed by atoms with Crippen molar-refractivity contribution in [1.82, 2.24) is 0 Å². The summed E-state index contributed by atoms with van der Waals surface area (Å²) < 4.78 is 1.11. The van der Waals surface area contributed by atoms with Crippen LogP contribution in [0.1, 0.15) is 11.1 Å². The van der Waals surface area contributed by atoms with Crippen molar-refractivity contribution in [3.8, 4) is 0 Å². The minimum atomic E-state index is -0.274. The molecule has 1 saturated heterocycles. The monoisotopic (exact) mass is 391 g/mol. The first-order valence-electron chi connectivity index (χ1n) is 8.25. The Bertz CT molecular complexity index is 698. The molecule has 0 aromatic heterocycles. The van der Waals surface area contributed by atoms with Crippen molar-refractivity contribution in [2.24, 2.45) is 0 Å². The lowest BCUT2D eigenvalue weighted by molar-refractivity contribution is -1.02. The molecule has 24 heavy (non-hydrogen) atoms. The fraction of sp³-hybridized carbons (Fsp3) is 0.333. The number of hydrogen-bond acceptors (Lipinski definition) is 2. The average Bonchev–Trinajstić information content (AvgIpc) is 2.59. The van der Waals surface area contributed by atoms with Crippen molar-refractivity contribution in [3.05, 3.63) is 74.2 Å². The SMILES string of the molecule is O=[N+]([O-])c1ccccc1C[NH+]1CC[NH+](Cc2ccc(Br)cc2)CC1. The Kier molecular flexibility index (Phi) is 5.60. The van der Waals surface area contributed by atoms with E-state index in [1.54, 1.807) is 17.0 Å². The number of nitrogens with zero attached hydrogens (tertiary/aromatic N) is 1. The molecule has 0 spiro atoms.